The van der Waals surface area contributed by atoms with Crippen LogP contribution in [0, 0.1) is 5.92 Å². The minimum Gasteiger partial charge on any atom is -0.493 e. The lowest BCUT2D eigenvalue weighted by Gasteiger charge is -2.31. The van der Waals surface area contributed by atoms with E-state index in [0.717, 1.165) is 44.0 Å². The molecule has 0 spiro atoms. The van der Waals surface area contributed by atoms with Crippen molar-refractivity contribution in [2.45, 2.75) is 38.0 Å². The Balaban J connectivity index is 1.33. The summed E-state index contributed by atoms with van der Waals surface area (Å²) >= 11 is 0. The molecule has 0 radical (unpaired) electrons. The lowest BCUT2D eigenvalue weighted by Crippen LogP contribution is -2.39. The van der Waals surface area contributed by atoms with Gasteiger partial charge in [-0.1, -0.05) is 0 Å². The molecule has 1 saturated heterocycles. The van der Waals surface area contributed by atoms with Crippen LogP contribution in [0.3, 0.4) is 0 Å². The van der Waals surface area contributed by atoms with Crippen molar-refractivity contribution in [3.63, 3.8) is 0 Å². The second-order valence-corrected chi connectivity index (χ2v) is 7.42. The van der Waals surface area contributed by atoms with Gasteiger partial charge in [0.15, 0.2) is 17.3 Å². The maximum absolute atomic E-state index is 12.8. The van der Waals surface area contributed by atoms with Gasteiger partial charge in [-0.2, -0.15) is 5.10 Å². The summed E-state index contributed by atoms with van der Waals surface area (Å²) in [4.78, 5) is 19.4. The van der Waals surface area contributed by atoms with Gasteiger partial charge in [-0.3, -0.25) is 9.89 Å². The monoisotopic (exact) mass is 370 g/mol. The summed E-state index contributed by atoms with van der Waals surface area (Å²) in [7, 11) is 3.17. The van der Waals surface area contributed by atoms with Crippen LogP contribution in [0.4, 0.5) is 0 Å². The predicted molar refractivity (Wildman–Crippen MR) is 100 cm³/mol. The van der Waals surface area contributed by atoms with Crippen molar-refractivity contribution in [2.24, 2.45) is 5.92 Å². The Morgan fingerprint density at radius 2 is 1.89 bits per heavy atom. The molecule has 1 aromatic heterocycles. The van der Waals surface area contributed by atoms with Gasteiger partial charge in [-0.05, 0) is 49.8 Å². The van der Waals surface area contributed by atoms with Crippen LogP contribution in [-0.2, 0) is 6.42 Å². The second-order valence-electron chi connectivity index (χ2n) is 7.42. The average molecular weight is 370 g/mol. The smallest absolute Gasteiger partial charge is 0.253 e. The predicted octanol–water partition coefficient (Wildman–Crippen LogP) is 2.79. The number of carbonyl (C=O) groups excluding carboxylic acids is 1. The fourth-order valence-corrected chi connectivity index (χ4v) is 3.69. The number of aromatic amines is 1. The summed E-state index contributed by atoms with van der Waals surface area (Å²) < 4.78 is 10.6. The number of hydrogen-bond donors (Lipinski definition) is 1. The number of ether oxygens (including phenoxy) is 2. The van der Waals surface area contributed by atoms with Crippen molar-refractivity contribution >= 4 is 5.91 Å². The highest BCUT2D eigenvalue weighted by atomic mass is 16.5. The van der Waals surface area contributed by atoms with Crippen LogP contribution in [-0.4, -0.2) is 53.3 Å². The molecule has 2 aromatic rings. The summed E-state index contributed by atoms with van der Waals surface area (Å²) in [6.45, 7) is 1.53. The van der Waals surface area contributed by atoms with Crippen LogP contribution in [0.25, 0.3) is 0 Å². The van der Waals surface area contributed by atoms with Gasteiger partial charge in [0.1, 0.15) is 5.82 Å². The van der Waals surface area contributed by atoms with E-state index in [4.69, 9.17) is 9.47 Å². The number of nitrogens with one attached hydrogen (secondary N) is 1. The Labute approximate surface area is 159 Å². The zero-order valence-corrected chi connectivity index (χ0v) is 15.9. The molecule has 7 heteroatoms. The van der Waals surface area contributed by atoms with Crippen LogP contribution in [0.1, 0.15) is 53.6 Å². The first kappa shape index (κ1) is 17.8. The summed E-state index contributed by atoms with van der Waals surface area (Å²) in [6, 6.07) is 5.32. The molecule has 0 unspecified atom stereocenters. The summed E-state index contributed by atoms with van der Waals surface area (Å²) in [6.07, 6.45) is 5.32. The van der Waals surface area contributed by atoms with Gasteiger partial charge in [-0.15, -0.1) is 0 Å². The van der Waals surface area contributed by atoms with E-state index in [1.807, 2.05) is 4.90 Å². The van der Waals surface area contributed by atoms with E-state index in [0.29, 0.717) is 28.9 Å². The van der Waals surface area contributed by atoms with Crippen LogP contribution in [0.15, 0.2) is 18.2 Å². The normalized spacial score (nSPS) is 17.8. The summed E-state index contributed by atoms with van der Waals surface area (Å²) in [5, 5.41) is 7.42. The molecular weight excluding hydrogens is 344 g/mol. The number of likely N-dealkylation sites (tertiary alicyclic amines) is 1. The molecule has 144 valence electrons. The highest BCUT2D eigenvalue weighted by molar-refractivity contribution is 5.95. The van der Waals surface area contributed by atoms with Crippen LogP contribution < -0.4 is 9.47 Å². The van der Waals surface area contributed by atoms with Crippen LogP contribution >= 0.6 is 0 Å². The Hall–Kier alpha value is -2.57. The largest absolute Gasteiger partial charge is 0.493 e. The van der Waals surface area contributed by atoms with Gasteiger partial charge in [-0.25, -0.2) is 4.98 Å². The molecule has 1 amide bonds. The lowest BCUT2D eigenvalue weighted by atomic mass is 9.93. The van der Waals surface area contributed by atoms with Crippen LogP contribution in [0.5, 0.6) is 11.5 Å². The first-order chi connectivity index (χ1) is 13.2. The fraction of sp³-hybridized carbons (Fsp3) is 0.550. The van der Waals surface area contributed by atoms with E-state index in [1.165, 1.54) is 12.8 Å². The van der Waals surface area contributed by atoms with Crippen molar-refractivity contribution in [1.82, 2.24) is 20.1 Å². The molecule has 1 aliphatic heterocycles. The third-order valence-corrected chi connectivity index (χ3v) is 5.51. The maximum Gasteiger partial charge on any atom is 0.253 e. The number of hydrogen-bond acceptors (Lipinski definition) is 5. The Morgan fingerprint density at radius 1 is 1.15 bits per heavy atom. The number of benzene rings is 1. The first-order valence-electron chi connectivity index (χ1n) is 9.60. The van der Waals surface area contributed by atoms with Gasteiger partial charge in [0.05, 0.1) is 14.2 Å². The van der Waals surface area contributed by atoms with Gasteiger partial charge in [0.25, 0.3) is 5.91 Å². The molecule has 1 aromatic carbocycles. The number of aromatic nitrogens is 3. The Kier molecular flexibility index (Phi) is 5.01. The molecular formula is C20H26N4O3. The number of piperidine rings is 1. The van der Waals surface area contributed by atoms with E-state index in [9.17, 15) is 4.79 Å². The summed E-state index contributed by atoms with van der Waals surface area (Å²) in [5.74, 6) is 4.34. The maximum atomic E-state index is 12.8. The van der Waals surface area contributed by atoms with Gasteiger partial charge >= 0.3 is 0 Å². The minimum absolute atomic E-state index is 0.0464. The molecule has 1 saturated carbocycles. The zero-order valence-electron chi connectivity index (χ0n) is 15.9. The molecule has 1 aliphatic carbocycles. The van der Waals surface area contributed by atoms with Crippen molar-refractivity contribution in [2.75, 3.05) is 27.3 Å². The standard InChI is InChI=1S/C20H26N4O3/c1-26-16-6-5-15(12-17(16)27-2)20(25)24-9-7-13(8-10-24)11-18-21-19(23-22-18)14-3-4-14/h5-6,12-14H,3-4,7-11H2,1-2H3,(H,21,22,23). The number of rotatable bonds is 6. The molecule has 2 fully saturated rings. The molecule has 0 atom stereocenters. The molecule has 0 bridgehead atoms. The fourth-order valence-electron chi connectivity index (χ4n) is 3.69. The van der Waals surface area contributed by atoms with Gasteiger partial charge in [0, 0.05) is 31.0 Å². The number of methoxy groups -OCH3 is 2. The number of amides is 1. The van der Waals surface area contributed by atoms with E-state index in [-0.39, 0.29) is 5.91 Å². The van der Waals surface area contributed by atoms with Crippen molar-refractivity contribution in [3.05, 3.63) is 35.4 Å². The SMILES string of the molecule is COc1ccc(C(=O)N2CCC(Cc3nc(C4CC4)n[nH]3)CC2)cc1OC. The second kappa shape index (κ2) is 7.58. The third-order valence-electron chi connectivity index (χ3n) is 5.51. The van der Waals surface area contributed by atoms with Crippen molar-refractivity contribution < 1.29 is 14.3 Å². The van der Waals surface area contributed by atoms with Gasteiger partial charge < -0.3 is 14.4 Å². The molecule has 2 aliphatic rings. The Morgan fingerprint density at radius 3 is 2.56 bits per heavy atom. The van der Waals surface area contributed by atoms with E-state index in [1.54, 1.807) is 32.4 Å². The van der Waals surface area contributed by atoms with Gasteiger partial charge in [0.2, 0.25) is 0 Å². The van der Waals surface area contributed by atoms with E-state index in [2.05, 4.69) is 15.2 Å². The third kappa shape index (κ3) is 3.91. The zero-order chi connectivity index (χ0) is 18.8. The lowest BCUT2D eigenvalue weighted by molar-refractivity contribution is 0.0689. The summed E-state index contributed by atoms with van der Waals surface area (Å²) in [5.41, 5.74) is 0.635. The quantitative estimate of drug-likeness (QED) is 0.846. The highest BCUT2D eigenvalue weighted by Crippen LogP contribution is 2.38. The molecule has 7 nitrogen and oxygen atoms in total. The minimum atomic E-state index is 0.0464. The molecule has 2 heterocycles. The number of nitrogens with zero attached hydrogens (tertiary/aromatic N) is 3. The first-order valence-corrected chi connectivity index (χ1v) is 9.60. The average Bonchev–Trinajstić information content (AvgIpc) is 3.46. The Bertz CT molecular complexity index is 807. The van der Waals surface area contributed by atoms with E-state index < -0.39 is 0 Å². The van der Waals surface area contributed by atoms with Crippen molar-refractivity contribution in [1.29, 1.82) is 0 Å². The number of carbonyl (C=O) groups is 1. The van der Waals surface area contributed by atoms with E-state index >= 15 is 0 Å². The molecule has 1 N–H and O–H groups in total. The molecule has 4 rings (SSSR count). The topological polar surface area (TPSA) is 80.3 Å². The van der Waals surface area contributed by atoms with Crippen molar-refractivity contribution in [3.8, 4) is 11.5 Å². The van der Waals surface area contributed by atoms with Crippen LogP contribution in [0.2, 0.25) is 0 Å². The number of H-pyrrole nitrogens is 1. The highest BCUT2D eigenvalue weighted by Gasteiger charge is 2.29. The molecule has 27 heavy (non-hydrogen) atoms.